The molecular weight excluding hydrogens is 246 g/mol. The molecule has 0 heterocycles. The fourth-order valence-electron chi connectivity index (χ4n) is 1.60. The Kier molecular flexibility index (Phi) is 5.95. The van der Waals surface area contributed by atoms with Gasteiger partial charge in [0.25, 0.3) is 5.69 Å². The van der Waals surface area contributed by atoms with Crippen molar-refractivity contribution in [3.8, 4) is 0 Å². The summed E-state index contributed by atoms with van der Waals surface area (Å²) in [5, 5.41) is 13.3. The monoisotopic (exact) mass is 265 g/mol. The molecule has 6 nitrogen and oxygen atoms in total. The van der Waals surface area contributed by atoms with Crippen molar-refractivity contribution >= 4 is 11.6 Å². The van der Waals surface area contributed by atoms with Gasteiger partial charge in [-0.05, 0) is 24.4 Å². The molecule has 0 saturated heterocycles. The Morgan fingerprint density at radius 3 is 2.58 bits per heavy atom. The summed E-state index contributed by atoms with van der Waals surface area (Å²) in [6.07, 6.45) is 1.08. The summed E-state index contributed by atoms with van der Waals surface area (Å²) in [7, 11) is 0. The number of nitrogens with zero attached hydrogens (tertiary/aromatic N) is 1. The van der Waals surface area contributed by atoms with Gasteiger partial charge >= 0.3 is 0 Å². The predicted octanol–water partition coefficient (Wildman–Crippen LogP) is 1.24. The van der Waals surface area contributed by atoms with Crippen molar-refractivity contribution in [2.24, 2.45) is 11.7 Å². The molecule has 1 aromatic rings. The van der Waals surface area contributed by atoms with Gasteiger partial charge in [-0.15, -0.1) is 0 Å². The molecule has 1 amide bonds. The zero-order valence-corrected chi connectivity index (χ0v) is 11.0. The van der Waals surface area contributed by atoms with Crippen LogP contribution in [0.15, 0.2) is 24.3 Å². The van der Waals surface area contributed by atoms with Crippen LogP contribution in [0.2, 0.25) is 0 Å². The molecule has 1 aromatic carbocycles. The minimum atomic E-state index is -0.431. The van der Waals surface area contributed by atoms with Crippen molar-refractivity contribution in [2.45, 2.75) is 19.8 Å². The van der Waals surface area contributed by atoms with Crippen LogP contribution < -0.4 is 11.1 Å². The first-order chi connectivity index (χ1) is 9.02. The van der Waals surface area contributed by atoms with Crippen LogP contribution in [0.3, 0.4) is 0 Å². The van der Waals surface area contributed by atoms with Crippen LogP contribution in [0.4, 0.5) is 5.69 Å². The second kappa shape index (κ2) is 7.48. The fraction of sp³-hybridized carbons (Fsp3) is 0.462. The SMILES string of the molecule is CC(CN)CC(=O)NCCc1ccc([N+](=O)[O-])cc1. The molecule has 0 aliphatic heterocycles. The topological polar surface area (TPSA) is 98.3 Å². The van der Waals surface area contributed by atoms with E-state index >= 15 is 0 Å². The number of carbonyl (C=O) groups is 1. The van der Waals surface area contributed by atoms with Crippen molar-refractivity contribution in [1.82, 2.24) is 5.32 Å². The zero-order valence-electron chi connectivity index (χ0n) is 11.0. The molecule has 0 fully saturated rings. The van der Waals surface area contributed by atoms with Crippen LogP contribution in [0.5, 0.6) is 0 Å². The molecule has 0 bridgehead atoms. The normalized spacial score (nSPS) is 11.9. The average Bonchev–Trinajstić information content (AvgIpc) is 2.39. The van der Waals surface area contributed by atoms with E-state index in [9.17, 15) is 14.9 Å². The van der Waals surface area contributed by atoms with E-state index in [2.05, 4.69) is 5.32 Å². The molecule has 3 N–H and O–H groups in total. The van der Waals surface area contributed by atoms with E-state index < -0.39 is 4.92 Å². The molecule has 19 heavy (non-hydrogen) atoms. The van der Waals surface area contributed by atoms with Crippen molar-refractivity contribution in [2.75, 3.05) is 13.1 Å². The van der Waals surface area contributed by atoms with Crippen LogP contribution in [-0.4, -0.2) is 23.9 Å². The maximum absolute atomic E-state index is 11.5. The number of nitrogens with one attached hydrogen (secondary N) is 1. The van der Waals surface area contributed by atoms with Crippen molar-refractivity contribution in [1.29, 1.82) is 0 Å². The highest BCUT2D eigenvalue weighted by Gasteiger charge is 2.07. The highest BCUT2D eigenvalue weighted by molar-refractivity contribution is 5.76. The molecule has 0 aliphatic rings. The summed E-state index contributed by atoms with van der Waals surface area (Å²) >= 11 is 0. The van der Waals surface area contributed by atoms with Gasteiger partial charge in [-0.1, -0.05) is 19.1 Å². The van der Waals surface area contributed by atoms with Gasteiger partial charge < -0.3 is 11.1 Å². The lowest BCUT2D eigenvalue weighted by molar-refractivity contribution is -0.384. The molecule has 104 valence electrons. The lowest BCUT2D eigenvalue weighted by Crippen LogP contribution is -2.28. The maximum Gasteiger partial charge on any atom is 0.269 e. The summed E-state index contributed by atoms with van der Waals surface area (Å²) in [5.41, 5.74) is 6.47. The van der Waals surface area contributed by atoms with Crippen LogP contribution in [0, 0.1) is 16.0 Å². The van der Waals surface area contributed by atoms with Gasteiger partial charge in [0.15, 0.2) is 0 Å². The van der Waals surface area contributed by atoms with E-state index in [1.807, 2.05) is 6.92 Å². The summed E-state index contributed by atoms with van der Waals surface area (Å²) in [5.74, 6) is 0.166. The van der Waals surface area contributed by atoms with Crippen LogP contribution in [0.1, 0.15) is 18.9 Å². The third-order valence-corrected chi connectivity index (χ3v) is 2.82. The van der Waals surface area contributed by atoms with Gasteiger partial charge in [-0.3, -0.25) is 14.9 Å². The van der Waals surface area contributed by atoms with E-state index in [0.29, 0.717) is 25.9 Å². The number of rotatable bonds is 7. The molecule has 1 unspecified atom stereocenters. The van der Waals surface area contributed by atoms with Crippen molar-refractivity contribution in [3.63, 3.8) is 0 Å². The fourth-order valence-corrected chi connectivity index (χ4v) is 1.60. The van der Waals surface area contributed by atoms with E-state index in [1.54, 1.807) is 12.1 Å². The van der Waals surface area contributed by atoms with Crippen LogP contribution in [-0.2, 0) is 11.2 Å². The van der Waals surface area contributed by atoms with Gasteiger partial charge in [0, 0.05) is 25.1 Å². The minimum absolute atomic E-state index is 0.0140. The molecule has 0 aliphatic carbocycles. The third kappa shape index (κ3) is 5.48. The Morgan fingerprint density at radius 1 is 1.42 bits per heavy atom. The Bertz CT molecular complexity index is 431. The first-order valence-electron chi connectivity index (χ1n) is 6.23. The smallest absolute Gasteiger partial charge is 0.269 e. The molecule has 1 atom stereocenters. The van der Waals surface area contributed by atoms with Crippen molar-refractivity contribution < 1.29 is 9.72 Å². The number of nitro benzene ring substituents is 1. The lowest BCUT2D eigenvalue weighted by atomic mass is 10.1. The van der Waals surface area contributed by atoms with E-state index in [0.717, 1.165) is 5.56 Å². The Labute approximate surface area is 112 Å². The molecule has 0 radical (unpaired) electrons. The minimum Gasteiger partial charge on any atom is -0.356 e. The molecule has 0 aromatic heterocycles. The average molecular weight is 265 g/mol. The van der Waals surface area contributed by atoms with Crippen LogP contribution in [0.25, 0.3) is 0 Å². The second-order valence-corrected chi connectivity index (χ2v) is 4.57. The summed E-state index contributed by atoms with van der Waals surface area (Å²) < 4.78 is 0. The van der Waals surface area contributed by atoms with Crippen LogP contribution >= 0.6 is 0 Å². The zero-order chi connectivity index (χ0) is 14.3. The molecule has 1 rings (SSSR count). The number of amides is 1. The summed E-state index contributed by atoms with van der Waals surface area (Å²) in [4.78, 5) is 21.5. The predicted molar refractivity (Wildman–Crippen MR) is 72.6 cm³/mol. The van der Waals surface area contributed by atoms with Gasteiger partial charge in [0.05, 0.1) is 4.92 Å². The number of benzene rings is 1. The van der Waals surface area contributed by atoms with Gasteiger partial charge in [-0.2, -0.15) is 0 Å². The Balaban J connectivity index is 2.33. The Morgan fingerprint density at radius 2 is 2.05 bits per heavy atom. The highest BCUT2D eigenvalue weighted by atomic mass is 16.6. The standard InChI is InChI=1S/C13H19N3O3/c1-10(9-14)8-13(17)15-7-6-11-2-4-12(5-3-11)16(18)19/h2-5,10H,6-9,14H2,1H3,(H,15,17). The molecule has 0 spiro atoms. The van der Waals surface area contributed by atoms with E-state index in [4.69, 9.17) is 5.73 Å². The third-order valence-electron chi connectivity index (χ3n) is 2.82. The molecule has 0 saturated carbocycles. The molecule has 6 heteroatoms. The first-order valence-corrected chi connectivity index (χ1v) is 6.23. The summed E-state index contributed by atoms with van der Waals surface area (Å²) in [6.45, 7) is 2.94. The number of non-ortho nitro benzene ring substituents is 1. The second-order valence-electron chi connectivity index (χ2n) is 4.57. The largest absolute Gasteiger partial charge is 0.356 e. The van der Waals surface area contributed by atoms with Crippen molar-refractivity contribution in [3.05, 3.63) is 39.9 Å². The van der Waals surface area contributed by atoms with E-state index in [-0.39, 0.29) is 17.5 Å². The number of hydrogen-bond donors (Lipinski definition) is 2. The van der Waals surface area contributed by atoms with Gasteiger partial charge in [-0.25, -0.2) is 0 Å². The number of nitro groups is 1. The quantitative estimate of drug-likeness (QED) is 0.572. The number of carbonyl (C=O) groups excluding carboxylic acids is 1. The highest BCUT2D eigenvalue weighted by Crippen LogP contribution is 2.11. The summed E-state index contributed by atoms with van der Waals surface area (Å²) in [6, 6.07) is 6.33. The van der Waals surface area contributed by atoms with Gasteiger partial charge in [0.2, 0.25) is 5.91 Å². The maximum atomic E-state index is 11.5. The molecular formula is C13H19N3O3. The lowest BCUT2D eigenvalue weighted by Gasteiger charge is -2.09. The first kappa shape index (κ1) is 15.1. The number of hydrogen-bond acceptors (Lipinski definition) is 4. The Hall–Kier alpha value is -1.95. The van der Waals surface area contributed by atoms with Gasteiger partial charge in [0.1, 0.15) is 0 Å². The van der Waals surface area contributed by atoms with E-state index in [1.165, 1.54) is 12.1 Å². The number of nitrogens with two attached hydrogens (primary N) is 1.